The van der Waals surface area contributed by atoms with Gasteiger partial charge >= 0.3 is 0 Å². The summed E-state index contributed by atoms with van der Waals surface area (Å²) in [5.74, 6) is 1.52. The number of aromatic nitrogens is 2. The summed E-state index contributed by atoms with van der Waals surface area (Å²) in [5, 5.41) is 0. The summed E-state index contributed by atoms with van der Waals surface area (Å²) in [5.41, 5.74) is 6.84. The fourth-order valence-electron chi connectivity index (χ4n) is 2.26. The number of hydrogen-bond acceptors (Lipinski definition) is 2. The number of nitrogens with zero attached hydrogens (tertiary/aromatic N) is 2. The van der Waals surface area contributed by atoms with E-state index in [9.17, 15) is 0 Å². The number of hydrogen-bond donors (Lipinski definition) is 1. The van der Waals surface area contributed by atoms with Crippen molar-refractivity contribution in [3.8, 4) is 0 Å². The summed E-state index contributed by atoms with van der Waals surface area (Å²) >= 11 is 0. The maximum absolute atomic E-state index is 5.82. The molecule has 1 heterocycles. The predicted octanol–water partition coefficient (Wildman–Crippen LogP) is 2.13. The number of aryl methyl sites for hydroxylation is 1. The quantitative estimate of drug-likeness (QED) is 0.717. The van der Waals surface area contributed by atoms with Crippen LogP contribution in [0.3, 0.4) is 0 Å². The van der Waals surface area contributed by atoms with Crippen LogP contribution < -0.4 is 5.73 Å². The van der Waals surface area contributed by atoms with Crippen molar-refractivity contribution in [2.45, 2.75) is 39.2 Å². The van der Waals surface area contributed by atoms with Gasteiger partial charge in [0.2, 0.25) is 5.95 Å². The van der Waals surface area contributed by atoms with Gasteiger partial charge in [0.25, 0.3) is 0 Å². The normalized spacial score (nSPS) is 28.2. The first kappa shape index (κ1) is 8.60. The number of rotatable bonds is 1. The lowest BCUT2D eigenvalue weighted by molar-refractivity contribution is 0.499. The summed E-state index contributed by atoms with van der Waals surface area (Å²) in [6.45, 7) is 4.30. The van der Waals surface area contributed by atoms with E-state index in [-0.39, 0.29) is 0 Å². The van der Waals surface area contributed by atoms with Crippen molar-refractivity contribution in [1.29, 1.82) is 0 Å². The first-order valence-electron chi connectivity index (χ1n) is 4.97. The Morgan fingerprint density at radius 3 is 2.77 bits per heavy atom. The second-order valence-corrected chi connectivity index (χ2v) is 4.22. The van der Waals surface area contributed by atoms with Gasteiger partial charge in [-0.1, -0.05) is 6.92 Å². The van der Waals surface area contributed by atoms with Crippen LogP contribution in [0.1, 0.15) is 37.9 Å². The number of nitrogen functional groups attached to an aromatic ring is 1. The van der Waals surface area contributed by atoms with Gasteiger partial charge in [0.1, 0.15) is 0 Å². The van der Waals surface area contributed by atoms with E-state index in [1.807, 2.05) is 6.92 Å². The molecule has 2 unspecified atom stereocenters. The zero-order chi connectivity index (χ0) is 9.42. The summed E-state index contributed by atoms with van der Waals surface area (Å²) in [7, 11) is 0. The standard InChI is InChI=1S/C10H17N3/c1-7-3-4-9(5-7)13-6-8(2)12-10(13)11/h6-7,9H,3-5H2,1-2H3,(H2,11,12). The maximum Gasteiger partial charge on any atom is 0.200 e. The highest BCUT2D eigenvalue weighted by Gasteiger charge is 2.23. The molecule has 1 aromatic heterocycles. The molecule has 0 radical (unpaired) electrons. The van der Waals surface area contributed by atoms with Crippen molar-refractivity contribution < 1.29 is 0 Å². The molecule has 1 aliphatic rings. The zero-order valence-corrected chi connectivity index (χ0v) is 8.33. The number of nitrogens with two attached hydrogens (primary N) is 1. The van der Waals surface area contributed by atoms with Crippen molar-refractivity contribution >= 4 is 5.95 Å². The Balaban J connectivity index is 2.20. The Morgan fingerprint density at radius 1 is 1.54 bits per heavy atom. The van der Waals surface area contributed by atoms with Gasteiger partial charge in [-0.25, -0.2) is 4.98 Å². The minimum absolute atomic E-state index is 0.594. The maximum atomic E-state index is 5.82. The molecule has 2 atom stereocenters. The minimum Gasteiger partial charge on any atom is -0.369 e. The van der Waals surface area contributed by atoms with Crippen LogP contribution in [0.25, 0.3) is 0 Å². The summed E-state index contributed by atoms with van der Waals surface area (Å²) in [4.78, 5) is 4.22. The molecule has 0 aliphatic heterocycles. The van der Waals surface area contributed by atoms with Crippen LogP contribution in [0.5, 0.6) is 0 Å². The van der Waals surface area contributed by atoms with Crippen LogP contribution in [0.15, 0.2) is 6.20 Å². The highest BCUT2D eigenvalue weighted by Crippen LogP contribution is 2.35. The van der Waals surface area contributed by atoms with Crippen molar-refractivity contribution in [1.82, 2.24) is 9.55 Å². The van der Waals surface area contributed by atoms with E-state index in [2.05, 4.69) is 22.7 Å². The van der Waals surface area contributed by atoms with E-state index in [0.29, 0.717) is 12.0 Å². The Labute approximate surface area is 79.0 Å². The van der Waals surface area contributed by atoms with Crippen molar-refractivity contribution in [3.63, 3.8) is 0 Å². The lowest BCUT2D eigenvalue weighted by Gasteiger charge is -2.12. The Bertz CT molecular complexity index is 303. The molecular weight excluding hydrogens is 162 g/mol. The molecule has 2 N–H and O–H groups in total. The summed E-state index contributed by atoms with van der Waals surface area (Å²) in [6.07, 6.45) is 5.89. The molecule has 72 valence electrons. The number of anilines is 1. The van der Waals surface area contributed by atoms with Gasteiger partial charge < -0.3 is 10.3 Å². The van der Waals surface area contributed by atoms with E-state index in [4.69, 9.17) is 5.73 Å². The molecule has 13 heavy (non-hydrogen) atoms. The molecule has 3 nitrogen and oxygen atoms in total. The van der Waals surface area contributed by atoms with Gasteiger partial charge in [0.05, 0.1) is 5.69 Å². The lowest BCUT2D eigenvalue weighted by atomic mass is 10.1. The number of imidazole rings is 1. The molecule has 3 heteroatoms. The van der Waals surface area contributed by atoms with Gasteiger partial charge in [-0.2, -0.15) is 0 Å². The fraction of sp³-hybridized carbons (Fsp3) is 0.700. The van der Waals surface area contributed by atoms with Crippen LogP contribution in [-0.2, 0) is 0 Å². The molecule has 0 bridgehead atoms. The lowest BCUT2D eigenvalue weighted by Crippen LogP contribution is -2.07. The van der Waals surface area contributed by atoms with Gasteiger partial charge in [-0.3, -0.25) is 0 Å². The Hall–Kier alpha value is -0.990. The van der Waals surface area contributed by atoms with Gasteiger partial charge in [0, 0.05) is 12.2 Å². The first-order chi connectivity index (χ1) is 6.16. The second-order valence-electron chi connectivity index (χ2n) is 4.22. The molecule has 2 rings (SSSR count). The molecule has 1 fully saturated rings. The van der Waals surface area contributed by atoms with E-state index < -0.39 is 0 Å². The summed E-state index contributed by atoms with van der Waals surface area (Å²) in [6, 6.07) is 0.594. The van der Waals surface area contributed by atoms with E-state index in [1.165, 1.54) is 19.3 Å². The average molecular weight is 179 g/mol. The third-order valence-corrected chi connectivity index (χ3v) is 2.94. The van der Waals surface area contributed by atoms with Gasteiger partial charge in [0.15, 0.2) is 0 Å². The molecular formula is C10H17N3. The molecule has 0 spiro atoms. The Morgan fingerprint density at radius 2 is 2.31 bits per heavy atom. The van der Waals surface area contributed by atoms with Gasteiger partial charge in [-0.05, 0) is 32.1 Å². The zero-order valence-electron chi connectivity index (χ0n) is 8.33. The molecule has 1 aromatic rings. The largest absolute Gasteiger partial charge is 0.369 e. The average Bonchev–Trinajstić information content (AvgIpc) is 2.58. The third kappa shape index (κ3) is 1.55. The van der Waals surface area contributed by atoms with Crippen LogP contribution >= 0.6 is 0 Å². The highest BCUT2D eigenvalue weighted by atomic mass is 15.2. The Kier molecular flexibility index (Phi) is 2.02. The third-order valence-electron chi connectivity index (χ3n) is 2.94. The van der Waals surface area contributed by atoms with Crippen LogP contribution in [-0.4, -0.2) is 9.55 Å². The summed E-state index contributed by atoms with van der Waals surface area (Å²) < 4.78 is 2.14. The second kappa shape index (κ2) is 3.05. The fourth-order valence-corrected chi connectivity index (χ4v) is 2.26. The monoisotopic (exact) mass is 179 g/mol. The smallest absolute Gasteiger partial charge is 0.200 e. The molecule has 0 saturated heterocycles. The van der Waals surface area contributed by atoms with Crippen LogP contribution in [0.4, 0.5) is 5.95 Å². The van der Waals surface area contributed by atoms with Crippen molar-refractivity contribution in [2.75, 3.05) is 5.73 Å². The van der Waals surface area contributed by atoms with Crippen molar-refractivity contribution in [3.05, 3.63) is 11.9 Å². The molecule has 0 amide bonds. The molecule has 1 aliphatic carbocycles. The highest BCUT2D eigenvalue weighted by molar-refractivity contribution is 5.22. The van der Waals surface area contributed by atoms with E-state index in [0.717, 1.165) is 11.6 Å². The van der Waals surface area contributed by atoms with E-state index in [1.54, 1.807) is 0 Å². The minimum atomic E-state index is 0.594. The predicted molar refractivity (Wildman–Crippen MR) is 53.4 cm³/mol. The van der Waals surface area contributed by atoms with E-state index >= 15 is 0 Å². The van der Waals surface area contributed by atoms with Gasteiger partial charge in [-0.15, -0.1) is 0 Å². The topological polar surface area (TPSA) is 43.8 Å². The molecule has 1 saturated carbocycles. The van der Waals surface area contributed by atoms with Crippen LogP contribution in [0, 0.1) is 12.8 Å². The molecule has 0 aromatic carbocycles. The van der Waals surface area contributed by atoms with Crippen LogP contribution in [0.2, 0.25) is 0 Å². The first-order valence-corrected chi connectivity index (χ1v) is 4.97. The van der Waals surface area contributed by atoms with Crippen molar-refractivity contribution in [2.24, 2.45) is 5.92 Å². The SMILES string of the molecule is Cc1cn(C2CCC(C)C2)c(N)n1.